The summed E-state index contributed by atoms with van der Waals surface area (Å²) < 4.78 is 0. The Kier molecular flexibility index (Phi) is 2.06. The third-order valence-corrected chi connectivity index (χ3v) is 3.66. The number of hydrogen-bond acceptors (Lipinski definition) is 2. The van der Waals surface area contributed by atoms with Crippen LogP contribution in [0, 0.1) is 11.8 Å². The van der Waals surface area contributed by atoms with Gasteiger partial charge >= 0.3 is 0 Å². The van der Waals surface area contributed by atoms with Crippen molar-refractivity contribution in [3.05, 3.63) is 0 Å². The average Bonchev–Trinajstić information content (AvgIpc) is 2.75. The van der Waals surface area contributed by atoms with Gasteiger partial charge in [0.1, 0.15) is 0 Å². The lowest BCUT2D eigenvalue weighted by Crippen LogP contribution is -2.58. The van der Waals surface area contributed by atoms with E-state index < -0.39 is 0 Å². The summed E-state index contributed by atoms with van der Waals surface area (Å²) in [5.41, 5.74) is 0. The third kappa shape index (κ3) is 2.05. The quantitative estimate of drug-likeness (QED) is 0.681. The first-order valence-electron chi connectivity index (χ1n) is 5.86. The van der Waals surface area contributed by atoms with Crippen LogP contribution in [0.2, 0.25) is 0 Å². The largest absolute Gasteiger partial charge is 0.314 e. The van der Waals surface area contributed by atoms with E-state index in [1.54, 1.807) is 0 Å². The van der Waals surface area contributed by atoms with E-state index in [2.05, 4.69) is 10.2 Å². The monoisotopic (exact) mass is 180 g/mol. The van der Waals surface area contributed by atoms with Gasteiger partial charge in [0.15, 0.2) is 0 Å². The fourth-order valence-corrected chi connectivity index (χ4v) is 2.17. The number of nitrogens with zero attached hydrogens (tertiary/aromatic N) is 1. The van der Waals surface area contributed by atoms with Crippen LogP contribution >= 0.6 is 0 Å². The summed E-state index contributed by atoms with van der Waals surface area (Å²) in [5.74, 6) is 2.14. The molecule has 0 radical (unpaired) electrons. The molecule has 0 unspecified atom stereocenters. The number of nitrogens with one attached hydrogen (secondary N) is 1. The summed E-state index contributed by atoms with van der Waals surface area (Å²) in [5, 5.41) is 3.39. The van der Waals surface area contributed by atoms with E-state index >= 15 is 0 Å². The zero-order valence-corrected chi connectivity index (χ0v) is 8.34. The van der Waals surface area contributed by atoms with Gasteiger partial charge in [0, 0.05) is 32.2 Å². The molecule has 2 nitrogen and oxygen atoms in total. The highest BCUT2D eigenvalue weighted by molar-refractivity contribution is 4.90. The second-order valence-electron chi connectivity index (χ2n) is 5.15. The second-order valence-corrected chi connectivity index (χ2v) is 5.15. The van der Waals surface area contributed by atoms with Crippen molar-refractivity contribution in [3.63, 3.8) is 0 Å². The van der Waals surface area contributed by atoms with Crippen molar-refractivity contribution in [2.45, 2.75) is 31.7 Å². The summed E-state index contributed by atoms with van der Waals surface area (Å²) in [6, 6.07) is 0.890. The molecule has 0 aromatic carbocycles. The van der Waals surface area contributed by atoms with Crippen LogP contribution in [0.3, 0.4) is 0 Å². The van der Waals surface area contributed by atoms with Crippen molar-refractivity contribution in [2.24, 2.45) is 11.8 Å². The third-order valence-electron chi connectivity index (χ3n) is 3.66. The van der Waals surface area contributed by atoms with Crippen molar-refractivity contribution in [3.8, 4) is 0 Å². The Bertz CT molecular complexity index is 167. The fraction of sp³-hybridized carbons (Fsp3) is 1.00. The first-order valence-corrected chi connectivity index (χ1v) is 5.86. The molecule has 13 heavy (non-hydrogen) atoms. The smallest absolute Gasteiger partial charge is 0.0345 e. The minimum absolute atomic E-state index is 0.890. The molecule has 0 bridgehead atoms. The molecule has 0 amide bonds. The molecule has 0 spiro atoms. The summed E-state index contributed by atoms with van der Waals surface area (Å²) in [6.45, 7) is 5.31. The summed E-state index contributed by atoms with van der Waals surface area (Å²) in [7, 11) is 0. The van der Waals surface area contributed by atoms with Gasteiger partial charge in [-0.05, 0) is 37.5 Å². The van der Waals surface area contributed by atoms with E-state index in [9.17, 15) is 0 Å². The number of hydrogen-bond donors (Lipinski definition) is 1. The van der Waals surface area contributed by atoms with Gasteiger partial charge in [-0.25, -0.2) is 0 Å². The van der Waals surface area contributed by atoms with Gasteiger partial charge in [-0.2, -0.15) is 0 Å². The molecule has 2 heteroatoms. The van der Waals surface area contributed by atoms with Crippen molar-refractivity contribution >= 4 is 0 Å². The Labute approximate surface area is 80.7 Å². The Morgan fingerprint density at radius 3 is 1.77 bits per heavy atom. The predicted octanol–water partition coefficient (Wildman–Crippen LogP) is 1.08. The normalized spacial score (nSPS) is 29.3. The molecule has 3 aliphatic rings. The van der Waals surface area contributed by atoms with Crippen LogP contribution in [0.1, 0.15) is 25.7 Å². The molecule has 1 saturated heterocycles. The molecule has 2 saturated carbocycles. The van der Waals surface area contributed by atoms with Crippen LogP contribution in [0.15, 0.2) is 0 Å². The molecule has 3 fully saturated rings. The first-order chi connectivity index (χ1) is 6.42. The molecule has 0 aromatic heterocycles. The second kappa shape index (κ2) is 3.25. The van der Waals surface area contributed by atoms with Crippen LogP contribution in [-0.4, -0.2) is 37.1 Å². The number of rotatable bonds is 5. The van der Waals surface area contributed by atoms with Gasteiger partial charge in [-0.1, -0.05) is 0 Å². The minimum Gasteiger partial charge on any atom is -0.314 e. The molecule has 1 heterocycles. The molecule has 0 atom stereocenters. The van der Waals surface area contributed by atoms with Gasteiger partial charge in [0.05, 0.1) is 0 Å². The molecule has 3 rings (SSSR count). The summed E-state index contributed by atoms with van der Waals surface area (Å²) >= 11 is 0. The Hall–Kier alpha value is -0.0800. The van der Waals surface area contributed by atoms with Gasteiger partial charge in [0.25, 0.3) is 0 Å². The highest BCUT2D eigenvalue weighted by Gasteiger charge is 2.34. The minimum atomic E-state index is 0.890. The lowest BCUT2D eigenvalue weighted by molar-refractivity contribution is 0.133. The molecular weight excluding hydrogens is 160 g/mol. The lowest BCUT2D eigenvalue weighted by Gasteiger charge is -2.38. The molecule has 1 aliphatic heterocycles. The fourth-order valence-electron chi connectivity index (χ4n) is 2.17. The SMILES string of the molecule is C1CC1CN(CC1CC1)C1CNC1. The lowest BCUT2D eigenvalue weighted by atomic mass is 10.1. The van der Waals surface area contributed by atoms with E-state index in [0.29, 0.717) is 0 Å². The first kappa shape index (κ1) is 8.25. The van der Waals surface area contributed by atoms with E-state index in [1.807, 2.05) is 0 Å². The van der Waals surface area contributed by atoms with Crippen LogP contribution in [0.5, 0.6) is 0 Å². The molecule has 0 aromatic rings. The van der Waals surface area contributed by atoms with Crippen LogP contribution < -0.4 is 5.32 Å². The predicted molar refractivity (Wildman–Crippen MR) is 53.7 cm³/mol. The molecule has 2 aliphatic carbocycles. The van der Waals surface area contributed by atoms with Crippen LogP contribution in [0.25, 0.3) is 0 Å². The zero-order chi connectivity index (χ0) is 8.67. The highest BCUT2D eigenvalue weighted by Crippen LogP contribution is 2.34. The van der Waals surface area contributed by atoms with E-state index in [-0.39, 0.29) is 0 Å². The van der Waals surface area contributed by atoms with Gasteiger partial charge in [0.2, 0.25) is 0 Å². The molecular formula is C11H20N2. The van der Waals surface area contributed by atoms with Gasteiger partial charge < -0.3 is 5.32 Å². The highest BCUT2D eigenvalue weighted by atomic mass is 15.2. The molecule has 1 N–H and O–H groups in total. The van der Waals surface area contributed by atoms with Crippen LogP contribution in [0.4, 0.5) is 0 Å². The maximum absolute atomic E-state index is 3.39. The van der Waals surface area contributed by atoms with E-state index in [0.717, 1.165) is 17.9 Å². The Morgan fingerprint density at radius 2 is 1.46 bits per heavy atom. The van der Waals surface area contributed by atoms with Crippen molar-refractivity contribution in [2.75, 3.05) is 26.2 Å². The van der Waals surface area contributed by atoms with Gasteiger partial charge in [-0.3, -0.25) is 4.90 Å². The van der Waals surface area contributed by atoms with E-state index in [1.165, 1.54) is 51.9 Å². The van der Waals surface area contributed by atoms with Crippen LogP contribution in [-0.2, 0) is 0 Å². The Morgan fingerprint density at radius 1 is 0.923 bits per heavy atom. The topological polar surface area (TPSA) is 15.3 Å². The van der Waals surface area contributed by atoms with Crippen molar-refractivity contribution in [1.82, 2.24) is 10.2 Å². The summed E-state index contributed by atoms with van der Waals surface area (Å²) in [6.07, 6.45) is 6.01. The van der Waals surface area contributed by atoms with Crippen molar-refractivity contribution in [1.29, 1.82) is 0 Å². The maximum atomic E-state index is 3.39. The maximum Gasteiger partial charge on any atom is 0.0345 e. The average molecular weight is 180 g/mol. The Balaban J connectivity index is 1.50. The van der Waals surface area contributed by atoms with E-state index in [4.69, 9.17) is 0 Å². The van der Waals surface area contributed by atoms with Gasteiger partial charge in [-0.15, -0.1) is 0 Å². The standard InChI is InChI=1S/C11H20N2/c1-2-9(1)7-13(8-10-3-4-10)11-5-12-6-11/h9-12H,1-8H2. The summed E-state index contributed by atoms with van der Waals surface area (Å²) in [4.78, 5) is 2.77. The van der Waals surface area contributed by atoms with Crippen molar-refractivity contribution < 1.29 is 0 Å². The molecule has 74 valence electrons. The zero-order valence-electron chi connectivity index (χ0n) is 8.34.